The van der Waals surface area contributed by atoms with E-state index in [0.29, 0.717) is 18.0 Å². The van der Waals surface area contributed by atoms with Gasteiger partial charge in [0.25, 0.3) is 0 Å². The molecular weight excluding hydrogens is 416 g/mol. The number of para-hydroxylation sites is 1. The maximum atomic E-state index is 5.68. The fourth-order valence-electron chi connectivity index (χ4n) is 7.32. The third-order valence-electron chi connectivity index (χ3n) is 8.77. The van der Waals surface area contributed by atoms with Gasteiger partial charge in [0, 0.05) is 42.7 Å². The highest BCUT2D eigenvalue weighted by Crippen LogP contribution is 2.50. The van der Waals surface area contributed by atoms with Crippen LogP contribution in [0.2, 0.25) is 0 Å². The van der Waals surface area contributed by atoms with E-state index in [2.05, 4.69) is 95.1 Å². The lowest BCUT2D eigenvalue weighted by atomic mass is 9.65. The predicted octanol–water partition coefficient (Wildman–Crippen LogP) is 5.86. The van der Waals surface area contributed by atoms with Crippen LogP contribution in [0.15, 0.2) is 84.9 Å². The molecule has 0 aromatic heterocycles. The van der Waals surface area contributed by atoms with Crippen LogP contribution in [0.5, 0.6) is 5.75 Å². The van der Waals surface area contributed by atoms with Crippen LogP contribution in [0.1, 0.15) is 48.3 Å². The number of piperidine rings is 3. The van der Waals surface area contributed by atoms with Crippen LogP contribution in [0.3, 0.4) is 0 Å². The van der Waals surface area contributed by atoms with Gasteiger partial charge in [0.05, 0.1) is 7.11 Å². The Hall–Kier alpha value is -2.62. The third-order valence-corrected chi connectivity index (χ3v) is 8.77. The van der Waals surface area contributed by atoms with Crippen molar-refractivity contribution in [3.8, 4) is 5.75 Å². The molecule has 176 valence electrons. The normalized spacial score (nSPS) is 29.8. The van der Waals surface area contributed by atoms with E-state index in [1.165, 1.54) is 48.9 Å². The van der Waals surface area contributed by atoms with Crippen molar-refractivity contribution in [2.45, 2.75) is 56.3 Å². The number of fused-ring (bicyclic) bond motifs is 3. The Labute approximate surface area is 204 Å². The Balaban J connectivity index is 1.40. The molecule has 0 radical (unpaired) electrons. The second-order valence-electron chi connectivity index (χ2n) is 10.4. The lowest BCUT2D eigenvalue weighted by Gasteiger charge is -2.59. The molecule has 5 fully saturated rings. The molecule has 3 nitrogen and oxygen atoms in total. The second-order valence-corrected chi connectivity index (χ2v) is 10.4. The van der Waals surface area contributed by atoms with E-state index >= 15 is 0 Å². The number of rotatable bonds is 7. The quantitative estimate of drug-likeness (QED) is 0.486. The van der Waals surface area contributed by atoms with Crippen molar-refractivity contribution in [1.29, 1.82) is 0 Å². The minimum atomic E-state index is 0.363. The molecule has 6 atom stereocenters. The van der Waals surface area contributed by atoms with E-state index in [0.717, 1.165) is 30.2 Å². The van der Waals surface area contributed by atoms with Gasteiger partial charge in [-0.05, 0) is 48.3 Å². The molecule has 1 unspecified atom stereocenters. The van der Waals surface area contributed by atoms with Gasteiger partial charge in [0.1, 0.15) is 5.75 Å². The Bertz CT molecular complexity index is 1050. The lowest BCUT2D eigenvalue weighted by molar-refractivity contribution is -0.0646. The standard InChI is InChI=1S/C31H36N2O/c1-34-28-18-9-8-15-24(28)20-32-30-27-19-26-17-10-16-25(27)21-33(26)31(30)29(22-11-4-2-5-12-22)23-13-6-3-7-14-23/h2-9,11-15,18,25-27,29-32H,10,16-17,19-21H2,1H3/t25-,26-,27+,30-,31-/m0/s1. The molecule has 1 aliphatic carbocycles. The molecule has 5 aliphatic rings. The Morgan fingerprint density at radius 2 is 1.56 bits per heavy atom. The maximum Gasteiger partial charge on any atom is 0.123 e. The molecule has 3 aromatic rings. The highest BCUT2D eigenvalue weighted by molar-refractivity contribution is 5.37. The first kappa shape index (κ1) is 21.9. The number of benzene rings is 3. The van der Waals surface area contributed by atoms with Crippen molar-refractivity contribution in [3.63, 3.8) is 0 Å². The van der Waals surface area contributed by atoms with E-state index < -0.39 is 0 Å². The van der Waals surface area contributed by atoms with Crippen LogP contribution in [-0.2, 0) is 6.54 Å². The van der Waals surface area contributed by atoms with E-state index in [9.17, 15) is 0 Å². The van der Waals surface area contributed by atoms with Crippen LogP contribution in [-0.4, -0.2) is 36.7 Å². The lowest BCUT2D eigenvalue weighted by Crippen LogP contribution is -2.69. The van der Waals surface area contributed by atoms with Gasteiger partial charge in [0.15, 0.2) is 0 Å². The fourth-order valence-corrected chi connectivity index (χ4v) is 7.32. The maximum absolute atomic E-state index is 5.68. The Morgan fingerprint density at radius 3 is 2.26 bits per heavy atom. The topological polar surface area (TPSA) is 24.5 Å². The van der Waals surface area contributed by atoms with Gasteiger partial charge < -0.3 is 10.1 Å². The molecule has 4 bridgehead atoms. The average Bonchev–Trinajstić information content (AvgIpc) is 3.22. The van der Waals surface area contributed by atoms with E-state index in [4.69, 9.17) is 4.74 Å². The van der Waals surface area contributed by atoms with Gasteiger partial charge in [-0.15, -0.1) is 0 Å². The first-order valence-corrected chi connectivity index (χ1v) is 13.0. The van der Waals surface area contributed by atoms with Crippen molar-refractivity contribution in [3.05, 3.63) is 102 Å². The number of hydrogen-bond donors (Lipinski definition) is 1. The molecule has 8 rings (SSSR count). The molecule has 0 amide bonds. The number of nitrogens with zero attached hydrogens (tertiary/aromatic N) is 1. The number of nitrogens with one attached hydrogen (secondary N) is 1. The zero-order valence-corrected chi connectivity index (χ0v) is 20.1. The molecule has 4 heterocycles. The van der Waals surface area contributed by atoms with Gasteiger partial charge >= 0.3 is 0 Å². The minimum Gasteiger partial charge on any atom is -0.496 e. The van der Waals surface area contributed by atoms with Gasteiger partial charge in [-0.1, -0.05) is 85.3 Å². The zero-order valence-electron chi connectivity index (χ0n) is 20.1. The molecule has 0 spiro atoms. The van der Waals surface area contributed by atoms with Crippen molar-refractivity contribution in [1.82, 2.24) is 10.2 Å². The smallest absolute Gasteiger partial charge is 0.123 e. The van der Waals surface area contributed by atoms with Crippen LogP contribution in [0.25, 0.3) is 0 Å². The van der Waals surface area contributed by atoms with E-state index in [1.807, 2.05) is 0 Å². The molecule has 1 saturated carbocycles. The largest absolute Gasteiger partial charge is 0.496 e. The van der Waals surface area contributed by atoms with E-state index in [-0.39, 0.29) is 0 Å². The summed E-state index contributed by atoms with van der Waals surface area (Å²) < 4.78 is 5.68. The molecule has 4 aliphatic heterocycles. The molecule has 3 heteroatoms. The molecule has 1 N–H and O–H groups in total. The molecule has 4 saturated heterocycles. The predicted molar refractivity (Wildman–Crippen MR) is 138 cm³/mol. The Kier molecular flexibility index (Phi) is 6.15. The van der Waals surface area contributed by atoms with Crippen LogP contribution in [0, 0.1) is 11.8 Å². The van der Waals surface area contributed by atoms with Crippen LogP contribution < -0.4 is 10.1 Å². The summed E-state index contributed by atoms with van der Waals surface area (Å²) in [5.41, 5.74) is 4.12. The number of methoxy groups -OCH3 is 1. The van der Waals surface area contributed by atoms with Gasteiger partial charge in [-0.25, -0.2) is 0 Å². The van der Waals surface area contributed by atoms with Gasteiger partial charge in [-0.3, -0.25) is 4.90 Å². The monoisotopic (exact) mass is 452 g/mol. The van der Waals surface area contributed by atoms with Crippen molar-refractivity contribution >= 4 is 0 Å². The molecule has 3 aromatic carbocycles. The van der Waals surface area contributed by atoms with Gasteiger partial charge in [-0.2, -0.15) is 0 Å². The number of ether oxygens (including phenoxy) is 1. The summed E-state index contributed by atoms with van der Waals surface area (Å²) in [4.78, 5) is 2.92. The number of hydrogen-bond acceptors (Lipinski definition) is 3. The van der Waals surface area contributed by atoms with Gasteiger partial charge in [0.2, 0.25) is 0 Å². The van der Waals surface area contributed by atoms with Crippen molar-refractivity contribution < 1.29 is 4.74 Å². The van der Waals surface area contributed by atoms with Crippen molar-refractivity contribution in [2.24, 2.45) is 11.8 Å². The first-order valence-electron chi connectivity index (χ1n) is 13.0. The summed E-state index contributed by atoms with van der Waals surface area (Å²) in [6.45, 7) is 2.12. The molecule has 34 heavy (non-hydrogen) atoms. The molecular formula is C31H36N2O. The highest BCUT2D eigenvalue weighted by Gasteiger charge is 2.54. The summed E-state index contributed by atoms with van der Waals surface area (Å²) in [7, 11) is 1.78. The van der Waals surface area contributed by atoms with E-state index in [1.54, 1.807) is 7.11 Å². The average molecular weight is 453 g/mol. The van der Waals surface area contributed by atoms with Crippen LogP contribution in [0.4, 0.5) is 0 Å². The Morgan fingerprint density at radius 1 is 0.882 bits per heavy atom. The SMILES string of the molecule is COc1ccccc1CN[C@H]1[C@@H]2C[C@@H]3CCC[C@H]2CN3[C@H]1C(c1ccccc1)c1ccccc1. The highest BCUT2D eigenvalue weighted by atomic mass is 16.5. The summed E-state index contributed by atoms with van der Waals surface area (Å²) in [6, 6.07) is 32.6. The minimum absolute atomic E-state index is 0.363. The summed E-state index contributed by atoms with van der Waals surface area (Å²) in [5, 5.41) is 4.11. The van der Waals surface area contributed by atoms with Crippen molar-refractivity contribution in [2.75, 3.05) is 13.7 Å². The summed E-state index contributed by atoms with van der Waals surface area (Å²) in [6.07, 6.45) is 5.48. The second kappa shape index (κ2) is 9.56. The fraction of sp³-hybridized carbons (Fsp3) is 0.419. The summed E-state index contributed by atoms with van der Waals surface area (Å²) in [5.74, 6) is 2.90. The first-order chi connectivity index (χ1) is 16.8. The summed E-state index contributed by atoms with van der Waals surface area (Å²) >= 11 is 0. The third kappa shape index (κ3) is 3.95. The zero-order chi connectivity index (χ0) is 22.9. The van der Waals surface area contributed by atoms with Crippen LogP contribution >= 0.6 is 0 Å².